The largest absolute Gasteiger partial charge is 0.484 e. The monoisotopic (exact) mass is 472 g/mol. The Morgan fingerprint density at radius 1 is 0.714 bits per heavy atom. The Balaban J connectivity index is 1.31. The zero-order chi connectivity index (χ0) is 24.7. The predicted octanol–water partition coefficient (Wildman–Crippen LogP) is 2.23. The molecule has 0 aliphatic carbocycles. The van der Waals surface area contributed by atoms with Crippen LogP contribution in [0.3, 0.4) is 0 Å². The van der Waals surface area contributed by atoms with Gasteiger partial charge >= 0.3 is 11.8 Å². The van der Waals surface area contributed by atoms with Gasteiger partial charge in [-0.05, 0) is 53.8 Å². The summed E-state index contributed by atoms with van der Waals surface area (Å²) in [6, 6.07) is 26.4. The molecule has 0 atom stereocenters. The van der Waals surface area contributed by atoms with Gasteiger partial charge in [-0.25, -0.2) is 5.43 Å². The molecule has 0 aliphatic rings. The third-order valence-electron chi connectivity index (χ3n) is 4.96. The van der Waals surface area contributed by atoms with Crippen molar-refractivity contribution in [2.45, 2.75) is 12.8 Å². The van der Waals surface area contributed by atoms with Gasteiger partial charge in [-0.15, -0.1) is 0 Å². The third-order valence-corrected chi connectivity index (χ3v) is 4.96. The molecule has 8 heteroatoms. The first-order valence-electron chi connectivity index (χ1n) is 11.3. The molecule has 0 aliphatic heterocycles. The molecule has 0 radical (unpaired) electrons. The lowest BCUT2D eigenvalue weighted by Gasteiger charge is -2.08. The Labute approximate surface area is 204 Å². The molecule has 35 heavy (non-hydrogen) atoms. The molecule has 180 valence electrons. The molecule has 0 spiro atoms. The Morgan fingerprint density at radius 3 is 1.89 bits per heavy atom. The molecule has 0 unspecified atom stereocenters. The fourth-order valence-corrected chi connectivity index (χ4v) is 3.10. The van der Waals surface area contributed by atoms with Crippen LogP contribution < -0.4 is 20.8 Å². The second-order valence-electron chi connectivity index (χ2n) is 7.63. The van der Waals surface area contributed by atoms with Crippen LogP contribution in [0, 0.1) is 0 Å². The number of carbonyl (C=O) groups excluding carboxylic acids is 3. The minimum absolute atomic E-state index is 0.0856. The SMILES string of the molecule is O=C(COc1ccc(/C=N\NC(=O)C(=O)NCCc2ccccc2)cc1)NCCc1ccccc1. The molecule has 3 aromatic carbocycles. The van der Waals surface area contributed by atoms with E-state index in [9.17, 15) is 14.4 Å². The van der Waals surface area contributed by atoms with Crippen molar-refractivity contribution >= 4 is 23.9 Å². The molecule has 3 N–H and O–H groups in total. The minimum Gasteiger partial charge on any atom is -0.484 e. The summed E-state index contributed by atoms with van der Waals surface area (Å²) < 4.78 is 5.49. The highest BCUT2D eigenvalue weighted by Crippen LogP contribution is 2.11. The van der Waals surface area contributed by atoms with Gasteiger partial charge in [-0.2, -0.15) is 5.10 Å². The Bertz CT molecular complexity index is 1120. The number of nitrogens with one attached hydrogen (secondary N) is 3. The number of amides is 3. The number of hydrogen-bond donors (Lipinski definition) is 3. The van der Waals surface area contributed by atoms with Gasteiger partial charge in [0.25, 0.3) is 5.91 Å². The number of hydrogen-bond acceptors (Lipinski definition) is 5. The molecule has 0 heterocycles. The standard InChI is InChI=1S/C27H28N4O4/c32-25(28-17-15-21-7-3-1-4-8-21)20-35-24-13-11-23(12-14-24)19-30-31-27(34)26(33)29-18-16-22-9-5-2-6-10-22/h1-14,19H,15-18,20H2,(H,28,32)(H,29,33)(H,31,34)/b30-19-. The third kappa shape index (κ3) is 9.51. The van der Waals surface area contributed by atoms with E-state index in [1.54, 1.807) is 24.3 Å². The van der Waals surface area contributed by atoms with E-state index in [0.717, 1.165) is 17.5 Å². The normalized spacial score (nSPS) is 10.5. The summed E-state index contributed by atoms with van der Waals surface area (Å²) >= 11 is 0. The molecule has 0 fully saturated rings. The molecular formula is C27H28N4O4. The second kappa shape index (κ2) is 13.9. The molecular weight excluding hydrogens is 444 g/mol. The summed E-state index contributed by atoms with van der Waals surface area (Å²) in [5.74, 6) is -1.25. The summed E-state index contributed by atoms with van der Waals surface area (Å²) in [6.07, 6.45) is 2.80. The maximum atomic E-state index is 11.9. The summed E-state index contributed by atoms with van der Waals surface area (Å²) in [4.78, 5) is 35.6. The lowest BCUT2D eigenvalue weighted by molar-refractivity contribution is -0.139. The quantitative estimate of drug-likeness (QED) is 0.226. The molecule has 0 bridgehead atoms. The number of ether oxygens (including phenoxy) is 1. The van der Waals surface area contributed by atoms with Gasteiger partial charge in [0.15, 0.2) is 6.61 Å². The van der Waals surface area contributed by atoms with Crippen molar-refractivity contribution < 1.29 is 19.1 Å². The number of hydrazone groups is 1. The van der Waals surface area contributed by atoms with Crippen LogP contribution in [0.2, 0.25) is 0 Å². The summed E-state index contributed by atoms with van der Waals surface area (Å²) in [7, 11) is 0. The first-order valence-corrected chi connectivity index (χ1v) is 11.3. The maximum Gasteiger partial charge on any atom is 0.329 e. The van der Waals surface area contributed by atoms with E-state index in [0.29, 0.717) is 30.8 Å². The van der Waals surface area contributed by atoms with E-state index in [1.165, 1.54) is 6.21 Å². The lowest BCUT2D eigenvalue weighted by atomic mass is 10.1. The van der Waals surface area contributed by atoms with Crippen LogP contribution in [0.4, 0.5) is 0 Å². The summed E-state index contributed by atoms with van der Waals surface area (Å²) in [5.41, 5.74) is 5.12. The van der Waals surface area contributed by atoms with Crippen molar-refractivity contribution in [1.29, 1.82) is 0 Å². The lowest BCUT2D eigenvalue weighted by Crippen LogP contribution is -2.38. The Morgan fingerprint density at radius 2 is 1.29 bits per heavy atom. The molecule has 0 saturated heterocycles. The van der Waals surface area contributed by atoms with E-state index in [2.05, 4.69) is 21.2 Å². The summed E-state index contributed by atoms with van der Waals surface area (Å²) in [6.45, 7) is 0.808. The number of benzene rings is 3. The van der Waals surface area contributed by atoms with E-state index in [-0.39, 0.29) is 12.5 Å². The second-order valence-corrected chi connectivity index (χ2v) is 7.63. The Kier molecular flexibility index (Phi) is 10.0. The zero-order valence-electron chi connectivity index (χ0n) is 19.3. The van der Waals surface area contributed by atoms with Crippen LogP contribution in [-0.2, 0) is 27.2 Å². The van der Waals surface area contributed by atoms with E-state index >= 15 is 0 Å². The van der Waals surface area contributed by atoms with Gasteiger partial charge in [0, 0.05) is 13.1 Å². The van der Waals surface area contributed by atoms with Gasteiger partial charge in [-0.3, -0.25) is 14.4 Å². The molecule has 0 saturated carbocycles. The molecule has 3 amide bonds. The van der Waals surface area contributed by atoms with Gasteiger partial charge in [0.05, 0.1) is 6.21 Å². The predicted molar refractivity (Wildman–Crippen MR) is 134 cm³/mol. The Hall–Kier alpha value is -4.46. The van der Waals surface area contributed by atoms with Crippen molar-refractivity contribution in [3.8, 4) is 5.75 Å². The molecule has 0 aromatic heterocycles. The number of carbonyl (C=O) groups is 3. The van der Waals surface area contributed by atoms with Crippen molar-refractivity contribution in [3.63, 3.8) is 0 Å². The highest BCUT2D eigenvalue weighted by atomic mass is 16.5. The summed E-state index contributed by atoms with van der Waals surface area (Å²) in [5, 5.41) is 9.18. The fraction of sp³-hybridized carbons (Fsp3) is 0.185. The molecule has 3 rings (SSSR count). The number of rotatable bonds is 11. The van der Waals surface area contributed by atoms with Crippen LogP contribution in [0.1, 0.15) is 16.7 Å². The first kappa shape index (κ1) is 25.2. The van der Waals surface area contributed by atoms with Crippen molar-refractivity contribution in [3.05, 3.63) is 102 Å². The topological polar surface area (TPSA) is 109 Å². The fourth-order valence-electron chi connectivity index (χ4n) is 3.10. The molecule has 3 aromatic rings. The van der Waals surface area contributed by atoms with E-state index in [4.69, 9.17) is 4.74 Å². The van der Waals surface area contributed by atoms with Crippen LogP contribution in [0.15, 0.2) is 90.0 Å². The smallest absolute Gasteiger partial charge is 0.329 e. The van der Waals surface area contributed by atoms with Crippen LogP contribution in [0.25, 0.3) is 0 Å². The maximum absolute atomic E-state index is 11.9. The first-order chi connectivity index (χ1) is 17.1. The van der Waals surface area contributed by atoms with Gasteiger partial charge in [-0.1, -0.05) is 60.7 Å². The highest BCUT2D eigenvalue weighted by molar-refractivity contribution is 6.35. The van der Waals surface area contributed by atoms with Crippen LogP contribution in [0.5, 0.6) is 5.75 Å². The highest BCUT2D eigenvalue weighted by Gasteiger charge is 2.11. The van der Waals surface area contributed by atoms with Crippen molar-refractivity contribution in [2.75, 3.05) is 19.7 Å². The van der Waals surface area contributed by atoms with E-state index < -0.39 is 11.8 Å². The van der Waals surface area contributed by atoms with E-state index in [1.807, 2.05) is 60.7 Å². The van der Waals surface area contributed by atoms with Gasteiger partial charge in [0.2, 0.25) is 0 Å². The zero-order valence-corrected chi connectivity index (χ0v) is 19.3. The van der Waals surface area contributed by atoms with Crippen LogP contribution >= 0.6 is 0 Å². The van der Waals surface area contributed by atoms with Crippen molar-refractivity contribution in [2.24, 2.45) is 5.10 Å². The van der Waals surface area contributed by atoms with Crippen LogP contribution in [-0.4, -0.2) is 43.6 Å². The number of nitrogens with zero attached hydrogens (tertiary/aromatic N) is 1. The van der Waals surface area contributed by atoms with Gasteiger partial charge in [0.1, 0.15) is 5.75 Å². The molecule has 8 nitrogen and oxygen atoms in total. The van der Waals surface area contributed by atoms with Gasteiger partial charge < -0.3 is 15.4 Å². The van der Waals surface area contributed by atoms with Crippen molar-refractivity contribution in [1.82, 2.24) is 16.1 Å². The average Bonchev–Trinajstić information content (AvgIpc) is 2.89. The average molecular weight is 473 g/mol. The minimum atomic E-state index is -0.840.